The molecule has 2 aromatic carbocycles. The second-order valence-electron chi connectivity index (χ2n) is 5.88. The van der Waals surface area contributed by atoms with Gasteiger partial charge in [0.15, 0.2) is 6.61 Å². The number of hydrogen-bond acceptors (Lipinski definition) is 4. The fourth-order valence-corrected chi connectivity index (χ4v) is 2.51. The molecular formula is C19H20N2O4. The van der Waals surface area contributed by atoms with Crippen LogP contribution in [0.1, 0.15) is 12.0 Å². The average Bonchev–Trinajstić information content (AvgIpc) is 2.74. The van der Waals surface area contributed by atoms with Gasteiger partial charge in [0.05, 0.1) is 18.7 Å². The summed E-state index contributed by atoms with van der Waals surface area (Å²) < 4.78 is 11.0. The van der Waals surface area contributed by atoms with Gasteiger partial charge in [-0.25, -0.2) is 0 Å². The number of nitrogens with one attached hydrogen (secondary N) is 1. The fraction of sp³-hybridized carbons (Fsp3) is 0.263. The van der Waals surface area contributed by atoms with Crippen LogP contribution in [0.3, 0.4) is 0 Å². The van der Waals surface area contributed by atoms with Crippen molar-refractivity contribution in [2.45, 2.75) is 13.3 Å². The van der Waals surface area contributed by atoms with Crippen molar-refractivity contribution < 1.29 is 19.1 Å². The van der Waals surface area contributed by atoms with Crippen LogP contribution in [0.15, 0.2) is 42.5 Å². The number of anilines is 2. The number of carbonyl (C=O) groups is 2. The van der Waals surface area contributed by atoms with Crippen LogP contribution in [-0.2, 0) is 9.59 Å². The van der Waals surface area contributed by atoms with E-state index in [2.05, 4.69) is 5.32 Å². The Bertz CT molecular complexity index is 787. The largest absolute Gasteiger partial charge is 0.491 e. The van der Waals surface area contributed by atoms with Gasteiger partial charge in [-0.3, -0.25) is 9.59 Å². The summed E-state index contributed by atoms with van der Waals surface area (Å²) in [5, 5.41) is 2.77. The molecule has 0 aliphatic carbocycles. The van der Waals surface area contributed by atoms with E-state index in [1.807, 2.05) is 31.2 Å². The second-order valence-corrected chi connectivity index (χ2v) is 5.88. The molecule has 0 aromatic heterocycles. The van der Waals surface area contributed by atoms with E-state index in [0.717, 1.165) is 5.56 Å². The normalized spacial score (nSPS) is 13.5. The highest BCUT2D eigenvalue weighted by Gasteiger charge is 2.20. The summed E-state index contributed by atoms with van der Waals surface area (Å²) >= 11 is 0. The third kappa shape index (κ3) is 4.09. The highest BCUT2D eigenvalue weighted by Crippen LogP contribution is 2.33. The van der Waals surface area contributed by atoms with Crippen LogP contribution in [0.5, 0.6) is 11.5 Å². The number of ether oxygens (including phenoxy) is 2. The molecule has 3 rings (SSSR count). The van der Waals surface area contributed by atoms with Gasteiger partial charge in [-0.05, 0) is 37.3 Å². The third-order valence-corrected chi connectivity index (χ3v) is 3.94. The third-order valence-electron chi connectivity index (χ3n) is 3.94. The van der Waals surface area contributed by atoms with Gasteiger partial charge >= 0.3 is 0 Å². The van der Waals surface area contributed by atoms with Gasteiger partial charge in [-0.1, -0.05) is 17.7 Å². The molecular weight excluding hydrogens is 320 g/mol. The quantitative estimate of drug-likeness (QED) is 0.929. The summed E-state index contributed by atoms with van der Waals surface area (Å²) in [6.45, 7) is 2.25. The Balaban J connectivity index is 1.64. The van der Waals surface area contributed by atoms with E-state index < -0.39 is 0 Å². The maximum atomic E-state index is 12.1. The summed E-state index contributed by atoms with van der Waals surface area (Å²) in [7, 11) is 1.70. The number of carbonyl (C=O) groups excluding carboxylic acids is 2. The zero-order valence-electron chi connectivity index (χ0n) is 14.2. The SMILES string of the molecule is Cc1ccc(OCC(=O)Nc2ccc3c(c2)N(C)C(=O)CCO3)cc1. The van der Waals surface area contributed by atoms with Crippen LogP contribution in [0.2, 0.25) is 0 Å². The lowest BCUT2D eigenvalue weighted by Crippen LogP contribution is -2.25. The predicted octanol–water partition coefficient (Wildman–Crippen LogP) is 2.76. The van der Waals surface area contributed by atoms with E-state index in [4.69, 9.17) is 9.47 Å². The Morgan fingerprint density at radius 2 is 2.00 bits per heavy atom. The molecule has 1 heterocycles. The molecule has 0 spiro atoms. The molecule has 1 aliphatic rings. The molecule has 0 bridgehead atoms. The van der Waals surface area contributed by atoms with Crippen molar-refractivity contribution >= 4 is 23.2 Å². The van der Waals surface area contributed by atoms with Crippen molar-refractivity contribution in [1.82, 2.24) is 0 Å². The standard InChI is InChI=1S/C19H20N2O4/c1-13-3-6-15(7-4-13)25-12-18(22)20-14-5-8-17-16(11-14)21(2)19(23)9-10-24-17/h3-8,11H,9-10,12H2,1-2H3,(H,20,22). The van der Waals surface area contributed by atoms with Crippen LogP contribution < -0.4 is 19.7 Å². The Morgan fingerprint density at radius 1 is 1.24 bits per heavy atom. The van der Waals surface area contributed by atoms with Crippen LogP contribution in [0.4, 0.5) is 11.4 Å². The number of amides is 2. The molecule has 6 nitrogen and oxygen atoms in total. The zero-order chi connectivity index (χ0) is 17.8. The number of benzene rings is 2. The van der Waals surface area contributed by atoms with Gasteiger partial charge in [0.1, 0.15) is 11.5 Å². The number of aryl methyl sites for hydroxylation is 1. The predicted molar refractivity (Wildman–Crippen MR) is 95.3 cm³/mol. The molecule has 25 heavy (non-hydrogen) atoms. The van der Waals surface area contributed by atoms with E-state index in [1.165, 1.54) is 0 Å². The summed E-state index contributed by atoms with van der Waals surface area (Å²) in [6.07, 6.45) is 0.331. The first-order valence-electron chi connectivity index (χ1n) is 8.05. The summed E-state index contributed by atoms with van der Waals surface area (Å²) in [5.41, 5.74) is 2.35. The first kappa shape index (κ1) is 16.8. The minimum absolute atomic E-state index is 0.0232. The maximum Gasteiger partial charge on any atom is 0.262 e. The van der Waals surface area contributed by atoms with E-state index in [1.54, 1.807) is 30.1 Å². The zero-order valence-corrected chi connectivity index (χ0v) is 14.2. The lowest BCUT2D eigenvalue weighted by Gasteiger charge is -2.17. The van der Waals surface area contributed by atoms with E-state index in [9.17, 15) is 9.59 Å². The van der Waals surface area contributed by atoms with Crippen molar-refractivity contribution in [2.75, 3.05) is 30.5 Å². The molecule has 1 aliphatic heterocycles. The van der Waals surface area contributed by atoms with Gasteiger partial charge in [0.25, 0.3) is 5.91 Å². The number of nitrogens with zero attached hydrogens (tertiary/aromatic N) is 1. The second kappa shape index (κ2) is 7.25. The van der Waals surface area contributed by atoms with Gasteiger partial charge < -0.3 is 19.7 Å². The van der Waals surface area contributed by atoms with Crippen molar-refractivity contribution in [1.29, 1.82) is 0 Å². The summed E-state index contributed by atoms with van der Waals surface area (Å²) in [6, 6.07) is 12.7. The lowest BCUT2D eigenvalue weighted by atomic mass is 10.2. The molecule has 2 aromatic rings. The van der Waals surface area contributed by atoms with Crippen molar-refractivity contribution in [3.63, 3.8) is 0 Å². The topological polar surface area (TPSA) is 67.9 Å². The van der Waals surface area contributed by atoms with Crippen LogP contribution in [0, 0.1) is 6.92 Å². The molecule has 6 heteroatoms. The average molecular weight is 340 g/mol. The molecule has 0 saturated carbocycles. The van der Waals surface area contributed by atoms with Gasteiger partial charge in [-0.2, -0.15) is 0 Å². The molecule has 130 valence electrons. The number of hydrogen-bond donors (Lipinski definition) is 1. The smallest absolute Gasteiger partial charge is 0.262 e. The van der Waals surface area contributed by atoms with Crippen LogP contribution >= 0.6 is 0 Å². The van der Waals surface area contributed by atoms with Gasteiger partial charge in [0.2, 0.25) is 5.91 Å². The van der Waals surface area contributed by atoms with Crippen LogP contribution in [-0.4, -0.2) is 32.1 Å². The molecule has 0 saturated heterocycles. The summed E-state index contributed by atoms with van der Waals surface area (Å²) in [4.78, 5) is 25.6. The molecule has 0 atom stereocenters. The molecule has 2 amide bonds. The number of fused-ring (bicyclic) bond motifs is 1. The Kier molecular flexibility index (Phi) is 4.88. The molecule has 1 N–H and O–H groups in total. The molecule has 0 unspecified atom stereocenters. The Hall–Kier alpha value is -3.02. The Labute approximate surface area is 146 Å². The number of rotatable bonds is 4. The minimum Gasteiger partial charge on any atom is -0.491 e. The van der Waals surface area contributed by atoms with Crippen molar-refractivity contribution in [2.24, 2.45) is 0 Å². The van der Waals surface area contributed by atoms with Gasteiger partial charge in [-0.15, -0.1) is 0 Å². The monoisotopic (exact) mass is 340 g/mol. The van der Waals surface area contributed by atoms with E-state index in [0.29, 0.717) is 35.9 Å². The van der Waals surface area contributed by atoms with Crippen LogP contribution in [0.25, 0.3) is 0 Å². The van der Waals surface area contributed by atoms with E-state index >= 15 is 0 Å². The Morgan fingerprint density at radius 3 is 2.76 bits per heavy atom. The molecule has 0 fully saturated rings. The fourth-order valence-electron chi connectivity index (χ4n) is 2.51. The maximum absolute atomic E-state index is 12.1. The minimum atomic E-state index is -0.274. The molecule has 0 radical (unpaired) electrons. The van der Waals surface area contributed by atoms with E-state index in [-0.39, 0.29) is 18.4 Å². The summed E-state index contributed by atoms with van der Waals surface area (Å²) in [5.74, 6) is 0.970. The van der Waals surface area contributed by atoms with Gasteiger partial charge in [0, 0.05) is 12.7 Å². The first-order valence-corrected chi connectivity index (χ1v) is 8.05. The van der Waals surface area contributed by atoms with Crippen molar-refractivity contribution in [3.8, 4) is 11.5 Å². The highest BCUT2D eigenvalue weighted by molar-refractivity contribution is 5.97. The lowest BCUT2D eigenvalue weighted by molar-refractivity contribution is -0.119. The van der Waals surface area contributed by atoms with Crippen molar-refractivity contribution in [3.05, 3.63) is 48.0 Å². The first-order chi connectivity index (χ1) is 12.0. The highest BCUT2D eigenvalue weighted by atomic mass is 16.5.